The lowest BCUT2D eigenvalue weighted by molar-refractivity contribution is -0.133. The van der Waals surface area contributed by atoms with Gasteiger partial charge in [0.15, 0.2) is 0 Å². The highest BCUT2D eigenvalue weighted by Gasteiger charge is 2.43. The number of anilines is 1. The quantitative estimate of drug-likeness (QED) is 0.506. The minimum atomic E-state index is -0.709. The Morgan fingerprint density at radius 3 is 1.82 bits per heavy atom. The van der Waals surface area contributed by atoms with Crippen LogP contribution in [0.1, 0.15) is 17.5 Å². The summed E-state index contributed by atoms with van der Waals surface area (Å²) in [4.78, 5) is 20.5. The van der Waals surface area contributed by atoms with Crippen molar-refractivity contribution in [3.63, 3.8) is 0 Å². The highest BCUT2D eigenvalue weighted by atomic mass is 16.5. The molecule has 1 saturated heterocycles. The van der Waals surface area contributed by atoms with Gasteiger partial charge in [-0.05, 0) is 48.4 Å². The van der Waals surface area contributed by atoms with Crippen LogP contribution in [0.25, 0.3) is 0 Å². The SMILES string of the molecule is COc1ccc(N2CCN(CCC(C(=O)N(C)C)(c3ccccc3)c3ccccc3)CC2)cc1. The van der Waals surface area contributed by atoms with Gasteiger partial charge >= 0.3 is 0 Å². The first-order valence-corrected chi connectivity index (χ1v) is 12.0. The van der Waals surface area contributed by atoms with E-state index in [1.54, 1.807) is 12.0 Å². The third kappa shape index (κ3) is 4.95. The molecule has 3 aromatic rings. The molecule has 0 atom stereocenters. The highest BCUT2D eigenvalue weighted by molar-refractivity contribution is 5.92. The van der Waals surface area contributed by atoms with Gasteiger partial charge in [0, 0.05) is 46.0 Å². The van der Waals surface area contributed by atoms with Crippen LogP contribution in [0.15, 0.2) is 84.9 Å². The molecule has 1 heterocycles. The minimum absolute atomic E-state index is 0.127. The monoisotopic (exact) mass is 457 g/mol. The van der Waals surface area contributed by atoms with Crippen molar-refractivity contribution >= 4 is 11.6 Å². The molecule has 0 bridgehead atoms. The van der Waals surface area contributed by atoms with E-state index in [1.165, 1.54) is 5.69 Å². The van der Waals surface area contributed by atoms with Crippen LogP contribution in [0.4, 0.5) is 5.69 Å². The Morgan fingerprint density at radius 1 is 0.824 bits per heavy atom. The van der Waals surface area contributed by atoms with Gasteiger partial charge in [0.25, 0.3) is 0 Å². The van der Waals surface area contributed by atoms with Crippen LogP contribution >= 0.6 is 0 Å². The van der Waals surface area contributed by atoms with E-state index >= 15 is 0 Å². The maximum Gasteiger partial charge on any atom is 0.237 e. The first-order chi connectivity index (χ1) is 16.5. The van der Waals surface area contributed by atoms with Crippen molar-refractivity contribution in [3.05, 3.63) is 96.1 Å². The second kappa shape index (κ2) is 10.7. The number of likely N-dealkylation sites (N-methyl/N-ethyl adjacent to an activating group) is 1. The number of nitrogens with zero attached hydrogens (tertiary/aromatic N) is 3. The van der Waals surface area contributed by atoms with Crippen LogP contribution in [0.3, 0.4) is 0 Å². The molecule has 0 N–H and O–H groups in total. The molecule has 0 aliphatic carbocycles. The average molecular weight is 458 g/mol. The molecule has 1 aliphatic rings. The fourth-order valence-electron chi connectivity index (χ4n) is 4.98. The van der Waals surface area contributed by atoms with Crippen molar-refractivity contribution in [2.24, 2.45) is 0 Å². The molecule has 5 heteroatoms. The summed E-state index contributed by atoms with van der Waals surface area (Å²) in [7, 11) is 5.41. The predicted octanol–water partition coefficient (Wildman–Crippen LogP) is 4.28. The van der Waals surface area contributed by atoms with Crippen LogP contribution in [0.2, 0.25) is 0 Å². The van der Waals surface area contributed by atoms with Gasteiger partial charge in [-0.1, -0.05) is 60.7 Å². The molecule has 0 spiro atoms. The number of rotatable bonds is 8. The zero-order valence-corrected chi connectivity index (χ0v) is 20.5. The van der Waals surface area contributed by atoms with E-state index in [9.17, 15) is 4.79 Å². The number of amides is 1. The van der Waals surface area contributed by atoms with Gasteiger partial charge in [-0.3, -0.25) is 9.69 Å². The summed E-state index contributed by atoms with van der Waals surface area (Å²) < 4.78 is 5.29. The first kappa shape index (κ1) is 23.8. The Balaban J connectivity index is 1.53. The standard InChI is InChI=1S/C29H35N3O2/c1-30(2)28(33)29(24-10-6-4-7-11-24,25-12-8-5-9-13-25)18-19-31-20-22-32(23-21-31)26-14-16-27(34-3)17-15-26/h4-17H,18-23H2,1-3H3. The number of carbonyl (C=O) groups excluding carboxylic acids is 1. The van der Waals surface area contributed by atoms with Crippen molar-refractivity contribution in [1.82, 2.24) is 9.80 Å². The van der Waals surface area contributed by atoms with Crippen molar-refractivity contribution in [3.8, 4) is 5.75 Å². The lowest BCUT2D eigenvalue weighted by Gasteiger charge is -2.40. The van der Waals surface area contributed by atoms with Crippen molar-refractivity contribution in [2.45, 2.75) is 11.8 Å². The summed E-state index contributed by atoms with van der Waals surface area (Å²) in [6.45, 7) is 4.75. The summed E-state index contributed by atoms with van der Waals surface area (Å²) in [6, 6.07) is 28.8. The van der Waals surface area contributed by atoms with Crippen molar-refractivity contribution < 1.29 is 9.53 Å². The highest BCUT2D eigenvalue weighted by Crippen LogP contribution is 2.38. The number of carbonyl (C=O) groups is 1. The molecule has 1 aliphatic heterocycles. The van der Waals surface area contributed by atoms with Crippen LogP contribution in [0.5, 0.6) is 5.75 Å². The summed E-state index contributed by atoms with van der Waals surface area (Å²) in [5.41, 5.74) is 2.62. The van der Waals surface area contributed by atoms with E-state index in [2.05, 4.69) is 46.2 Å². The maximum absolute atomic E-state index is 13.8. The van der Waals surface area contributed by atoms with E-state index in [0.717, 1.165) is 56.0 Å². The second-order valence-corrected chi connectivity index (χ2v) is 9.11. The Kier molecular flexibility index (Phi) is 7.53. The minimum Gasteiger partial charge on any atom is -0.497 e. The van der Waals surface area contributed by atoms with Gasteiger partial charge in [0.1, 0.15) is 11.2 Å². The molecule has 178 valence electrons. The maximum atomic E-state index is 13.8. The van der Waals surface area contributed by atoms with Crippen LogP contribution in [-0.4, -0.2) is 69.6 Å². The topological polar surface area (TPSA) is 36.0 Å². The van der Waals surface area contributed by atoms with Crippen LogP contribution in [0, 0.1) is 0 Å². The number of benzene rings is 3. The summed E-state index contributed by atoms with van der Waals surface area (Å²) in [5, 5.41) is 0. The summed E-state index contributed by atoms with van der Waals surface area (Å²) in [5.74, 6) is 1.01. The average Bonchev–Trinajstić information content (AvgIpc) is 2.90. The van der Waals surface area contributed by atoms with Crippen LogP contribution < -0.4 is 9.64 Å². The number of hydrogen-bond donors (Lipinski definition) is 0. The fourth-order valence-corrected chi connectivity index (χ4v) is 4.98. The molecule has 0 saturated carbocycles. The van der Waals surface area contributed by atoms with E-state index < -0.39 is 5.41 Å². The van der Waals surface area contributed by atoms with Crippen LogP contribution in [-0.2, 0) is 10.2 Å². The van der Waals surface area contributed by atoms with Gasteiger partial charge in [-0.15, -0.1) is 0 Å². The Bertz CT molecular complexity index is 1000. The molecule has 4 rings (SSSR count). The number of ether oxygens (including phenoxy) is 1. The normalized spacial score (nSPS) is 14.6. The van der Waals surface area contributed by atoms with Crippen molar-refractivity contribution in [1.29, 1.82) is 0 Å². The predicted molar refractivity (Wildman–Crippen MR) is 139 cm³/mol. The van der Waals surface area contributed by atoms with E-state index in [-0.39, 0.29) is 5.91 Å². The number of methoxy groups -OCH3 is 1. The van der Waals surface area contributed by atoms with Crippen molar-refractivity contribution in [2.75, 3.05) is 58.8 Å². The fraction of sp³-hybridized carbons (Fsp3) is 0.345. The third-order valence-electron chi connectivity index (χ3n) is 6.92. The number of hydrogen-bond acceptors (Lipinski definition) is 4. The smallest absolute Gasteiger partial charge is 0.237 e. The molecule has 5 nitrogen and oxygen atoms in total. The van der Waals surface area contributed by atoms with Gasteiger partial charge in [0.2, 0.25) is 5.91 Å². The van der Waals surface area contributed by atoms with Gasteiger partial charge in [0.05, 0.1) is 7.11 Å². The molecule has 3 aromatic carbocycles. The molecular formula is C29H35N3O2. The van der Waals surface area contributed by atoms with Gasteiger partial charge < -0.3 is 14.5 Å². The third-order valence-corrected chi connectivity index (χ3v) is 6.92. The molecule has 34 heavy (non-hydrogen) atoms. The molecule has 0 radical (unpaired) electrons. The van der Waals surface area contributed by atoms with E-state index in [4.69, 9.17) is 4.74 Å². The molecule has 1 amide bonds. The van der Waals surface area contributed by atoms with Gasteiger partial charge in [-0.25, -0.2) is 0 Å². The zero-order chi connectivity index (χ0) is 24.0. The second-order valence-electron chi connectivity index (χ2n) is 9.11. The summed E-state index contributed by atoms with van der Waals surface area (Å²) in [6.07, 6.45) is 0.737. The van der Waals surface area contributed by atoms with E-state index in [0.29, 0.717) is 0 Å². The van der Waals surface area contributed by atoms with E-state index in [1.807, 2.05) is 62.6 Å². The summed E-state index contributed by atoms with van der Waals surface area (Å²) >= 11 is 0. The van der Waals surface area contributed by atoms with Gasteiger partial charge in [-0.2, -0.15) is 0 Å². The zero-order valence-electron chi connectivity index (χ0n) is 20.5. The molecular weight excluding hydrogens is 422 g/mol. The number of piperazine rings is 1. The molecule has 0 aromatic heterocycles. The molecule has 1 fully saturated rings. The Morgan fingerprint density at radius 2 is 1.35 bits per heavy atom. The lowest BCUT2D eigenvalue weighted by Crippen LogP contribution is -2.50. The largest absolute Gasteiger partial charge is 0.497 e. The molecule has 0 unspecified atom stereocenters. The Hall–Kier alpha value is -3.31. The first-order valence-electron chi connectivity index (χ1n) is 12.0. The Labute approximate surface area is 203 Å². The lowest BCUT2D eigenvalue weighted by atomic mass is 9.70.